The standard InChI is InChI=1S/C21H25FN2OSi/c1-15(17-8-6-5-7-9-17)20(23)21(25)24-19-11-10-16(14-18(19)22)12-13-26(2,3)4/h5-11,14-15,20H,23H2,1-4H3,(H,24,25). The van der Waals surface area contributed by atoms with Crippen LogP contribution >= 0.6 is 0 Å². The second-order valence-electron chi connectivity index (χ2n) is 7.41. The van der Waals surface area contributed by atoms with Crippen molar-refractivity contribution >= 4 is 19.7 Å². The molecule has 0 spiro atoms. The maximum absolute atomic E-state index is 14.3. The fourth-order valence-electron chi connectivity index (χ4n) is 2.36. The first-order valence-corrected chi connectivity index (χ1v) is 12.1. The van der Waals surface area contributed by atoms with Crippen LogP contribution in [0, 0.1) is 17.3 Å². The molecule has 0 heterocycles. The van der Waals surface area contributed by atoms with Crippen LogP contribution in [-0.4, -0.2) is 20.0 Å². The predicted molar refractivity (Wildman–Crippen MR) is 108 cm³/mol. The molecule has 0 aliphatic carbocycles. The van der Waals surface area contributed by atoms with Crippen molar-refractivity contribution in [3.63, 3.8) is 0 Å². The minimum Gasteiger partial charge on any atom is -0.322 e. The van der Waals surface area contributed by atoms with Crippen LogP contribution in [0.15, 0.2) is 48.5 Å². The first kappa shape index (κ1) is 19.9. The van der Waals surface area contributed by atoms with Gasteiger partial charge in [0.05, 0.1) is 11.7 Å². The van der Waals surface area contributed by atoms with Crippen molar-refractivity contribution in [2.24, 2.45) is 5.73 Å². The van der Waals surface area contributed by atoms with E-state index in [-0.39, 0.29) is 11.6 Å². The molecule has 2 aromatic carbocycles. The summed E-state index contributed by atoms with van der Waals surface area (Å²) in [6.07, 6.45) is 0. The minimum atomic E-state index is -1.53. The highest BCUT2D eigenvalue weighted by molar-refractivity contribution is 6.83. The molecule has 0 aromatic heterocycles. The molecular weight excluding hydrogens is 343 g/mol. The monoisotopic (exact) mass is 368 g/mol. The van der Waals surface area contributed by atoms with Gasteiger partial charge in [-0.3, -0.25) is 4.79 Å². The maximum atomic E-state index is 14.3. The number of anilines is 1. The van der Waals surface area contributed by atoms with Gasteiger partial charge in [0.2, 0.25) is 5.91 Å². The summed E-state index contributed by atoms with van der Waals surface area (Å²) in [5.74, 6) is 1.89. The molecule has 5 heteroatoms. The Labute approximate surface area is 155 Å². The predicted octanol–water partition coefficient (Wildman–Crippen LogP) is 4.12. The zero-order valence-electron chi connectivity index (χ0n) is 15.6. The summed E-state index contributed by atoms with van der Waals surface area (Å²) in [6.45, 7) is 8.26. The second-order valence-corrected chi connectivity index (χ2v) is 12.2. The fourth-order valence-corrected chi connectivity index (χ4v) is 2.88. The quantitative estimate of drug-likeness (QED) is 0.630. The minimum absolute atomic E-state index is 0.115. The third kappa shape index (κ3) is 5.55. The lowest BCUT2D eigenvalue weighted by Gasteiger charge is -2.20. The molecule has 3 nitrogen and oxygen atoms in total. The van der Waals surface area contributed by atoms with Crippen molar-refractivity contribution in [2.75, 3.05) is 5.32 Å². The number of hydrogen-bond acceptors (Lipinski definition) is 2. The van der Waals surface area contributed by atoms with Gasteiger partial charge < -0.3 is 11.1 Å². The average molecular weight is 369 g/mol. The molecule has 2 unspecified atom stereocenters. The highest BCUT2D eigenvalue weighted by Crippen LogP contribution is 2.20. The molecule has 0 aliphatic rings. The molecule has 0 saturated heterocycles. The Balaban J connectivity index is 2.10. The zero-order valence-corrected chi connectivity index (χ0v) is 16.6. The number of rotatable bonds is 4. The summed E-state index contributed by atoms with van der Waals surface area (Å²) in [7, 11) is -1.53. The Kier molecular flexibility index (Phi) is 6.35. The van der Waals surface area contributed by atoms with E-state index in [0.29, 0.717) is 5.56 Å². The average Bonchev–Trinajstić information content (AvgIpc) is 2.60. The lowest BCUT2D eigenvalue weighted by molar-refractivity contribution is -0.117. The summed E-state index contributed by atoms with van der Waals surface area (Å²) in [5, 5.41) is 2.58. The van der Waals surface area contributed by atoms with Crippen molar-refractivity contribution in [1.29, 1.82) is 0 Å². The van der Waals surface area contributed by atoms with E-state index in [1.807, 2.05) is 37.3 Å². The van der Waals surface area contributed by atoms with E-state index in [9.17, 15) is 9.18 Å². The molecular formula is C21H25FN2OSi. The third-order valence-corrected chi connectivity index (χ3v) is 4.85. The van der Waals surface area contributed by atoms with Gasteiger partial charge in [-0.05, 0) is 23.8 Å². The molecule has 0 aliphatic heterocycles. The first-order chi connectivity index (χ1) is 12.2. The van der Waals surface area contributed by atoms with Crippen LogP contribution in [0.25, 0.3) is 0 Å². The molecule has 2 aromatic rings. The summed E-state index contributed by atoms with van der Waals surface area (Å²) in [5.41, 5.74) is 10.9. The van der Waals surface area contributed by atoms with Gasteiger partial charge in [-0.2, -0.15) is 0 Å². The van der Waals surface area contributed by atoms with Crippen molar-refractivity contribution < 1.29 is 9.18 Å². The third-order valence-electron chi connectivity index (χ3n) is 3.98. The SMILES string of the molecule is CC(c1ccccc1)C(N)C(=O)Nc1ccc(C#C[Si](C)(C)C)cc1F. The molecule has 2 rings (SSSR count). The Bertz CT molecular complexity index is 835. The van der Waals surface area contributed by atoms with Crippen LogP contribution in [0.2, 0.25) is 19.6 Å². The van der Waals surface area contributed by atoms with Crippen molar-refractivity contribution in [3.05, 3.63) is 65.5 Å². The maximum Gasteiger partial charge on any atom is 0.241 e. The number of nitrogens with one attached hydrogen (secondary N) is 1. The molecule has 1 amide bonds. The topological polar surface area (TPSA) is 55.1 Å². The van der Waals surface area contributed by atoms with Gasteiger partial charge in [0.25, 0.3) is 0 Å². The Morgan fingerprint density at radius 3 is 2.38 bits per heavy atom. The Morgan fingerprint density at radius 1 is 1.15 bits per heavy atom. The summed E-state index contributed by atoms with van der Waals surface area (Å²) in [4.78, 5) is 12.4. The summed E-state index contributed by atoms with van der Waals surface area (Å²) in [6, 6.07) is 13.3. The Morgan fingerprint density at radius 2 is 1.81 bits per heavy atom. The van der Waals surface area contributed by atoms with Gasteiger partial charge in [-0.25, -0.2) is 4.39 Å². The summed E-state index contributed by atoms with van der Waals surface area (Å²) >= 11 is 0. The highest BCUT2D eigenvalue weighted by Gasteiger charge is 2.23. The molecule has 0 radical (unpaired) electrons. The van der Waals surface area contributed by atoms with Gasteiger partial charge in [0.1, 0.15) is 13.9 Å². The van der Waals surface area contributed by atoms with Crippen LogP contribution in [0.1, 0.15) is 24.0 Å². The molecule has 0 bridgehead atoms. The molecule has 0 saturated carbocycles. The van der Waals surface area contributed by atoms with Gasteiger partial charge in [0, 0.05) is 11.5 Å². The zero-order chi connectivity index (χ0) is 19.3. The van der Waals surface area contributed by atoms with Crippen molar-refractivity contribution in [2.45, 2.75) is 38.5 Å². The van der Waals surface area contributed by atoms with E-state index in [2.05, 4.69) is 36.4 Å². The van der Waals surface area contributed by atoms with E-state index in [1.54, 1.807) is 6.07 Å². The number of hydrogen-bond donors (Lipinski definition) is 2. The number of carbonyl (C=O) groups excluding carboxylic acids is 1. The van der Waals surface area contributed by atoms with Gasteiger partial charge in [-0.1, -0.05) is 62.8 Å². The van der Waals surface area contributed by atoms with Crippen LogP contribution in [0.4, 0.5) is 10.1 Å². The molecule has 3 N–H and O–H groups in total. The highest BCUT2D eigenvalue weighted by atomic mass is 28.3. The normalized spacial score (nSPS) is 13.3. The fraction of sp³-hybridized carbons (Fsp3) is 0.286. The number of amides is 1. The number of benzene rings is 2. The molecule has 26 heavy (non-hydrogen) atoms. The number of halogens is 1. The van der Waals surface area contributed by atoms with E-state index in [1.165, 1.54) is 12.1 Å². The van der Waals surface area contributed by atoms with Crippen molar-refractivity contribution in [1.82, 2.24) is 0 Å². The summed E-state index contributed by atoms with van der Waals surface area (Å²) < 4.78 is 14.3. The largest absolute Gasteiger partial charge is 0.322 e. The van der Waals surface area contributed by atoms with Gasteiger partial charge in [0.15, 0.2) is 0 Å². The molecule has 0 fully saturated rings. The molecule has 136 valence electrons. The molecule has 2 atom stereocenters. The van der Waals surface area contributed by atoms with Crippen LogP contribution in [0.5, 0.6) is 0 Å². The van der Waals surface area contributed by atoms with E-state index in [0.717, 1.165) is 5.56 Å². The van der Waals surface area contributed by atoms with Crippen LogP contribution < -0.4 is 11.1 Å². The first-order valence-electron chi connectivity index (χ1n) is 8.61. The number of carbonyl (C=O) groups is 1. The second kappa shape index (κ2) is 8.30. The van der Waals surface area contributed by atoms with Crippen molar-refractivity contribution in [3.8, 4) is 11.5 Å². The van der Waals surface area contributed by atoms with E-state index >= 15 is 0 Å². The number of nitrogens with two attached hydrogens (primary N) is 1. The van der Waals surface area contributed by atoms with Gasteiger partial charge >= 0.3 is 0 Å². The Hall–Kier alpha value is -2.42. The van der Waals surface area contributed by atoms with Gasteiger partial charge in [-0.15, -0.1) is 5.54 Å². The van der Waals surface area contributed by atoms with E-state index < -0.39 is 25.8 Å². The van der Waals surface area contributed by atoms with E-state index in [4.69, 9.17) is 5.73 Å². The smallest absolute Gasteiger partial charge is 0.241 e. The van der Waals surface area contributed by atoms with Crippen LogP contribution in [0.3, 0.4) is 0 Å². The lowest BCUT2D eigenvalue weighted by Crippen LogP contribution is -2.39. The van der Waals surface area contributed by atoms with Crippen LogP contribution in [-0.2, 0) is 4.79 Å². The lowest BCUT2D eigenvalue weighted by atomic mass is 9.93.